The molecule has 0 radical (unpaired) electrons. The van der Waals surface area contributed by atoms with Crippen LogP contribution < -0.4 is 16.0 Å². The maximum Gasteiger partial charge on any atom is 0.247 e. The molecule has 4 aromatic rings. The van der Waals surface area contributed by atoms with Gasteiger partial charge in [0.25, 0.3) is 0 Å². The van der Waals surface area contributed by atoms with Crippen LogP contribution in [-0.4, -0.2) is 25.7 Å². The number of fused-ring (bicyclic) bond motifs is 1. The Morgan fingerprint density at radius 1 is 1.10 bits per heavy atom. The van der Waals surface area contributed by atoms with E-state index < -0.39 is 5.82 Å². The van der Waals surface area contributed by atoms with Crippen molar-refractivity contribution in [2.45, 2.75) is 7.43 Å². The minimum atomic E-state index is -0.608. The molecular formula is C22H22FN7O. The Hall–Kier alpha value is -4.27. The van der Waals surface area contributed by atoms with Gasteiger partial charge in [-0.1, -0.05) is 20.1 Å². The molecule has 0 bridgehead atoms. The number of aryl methyl sites for hydroxylation is 1. The minimum Gasteiger partial charge on any atom is -0.338 e. The summed E-state index contributed by atoms with van der Waals surface area (Å²) < 4.78 is 16.0. The van der Waals surface area contributed by atoms with Crippen LogP contribution in [0.1, 0.15) is 7.43 Å². The average Bonchev–Trinajstić information content (AvgIpc) is 3.11. The lowest BCUT2D eigenvalue weighted by molar-refractivity contribution is -0.111. The molecule has 9 heteroatoms. The first kappa shape index (κ1) is 21.4. The van der Waals surface area contributed by atoms with Crippen molar-refractivity contribution >= 4 is 45.6 Å². The van der Waals surface area contributed by atoms with E-state index in [9.17, 15) is 9.18 Å². The maximum absolute atomic E-state index is 14.3. The molecule has 8 nitrogen and oxygen atoms in total. The number of halogens is 1. The molecule has 4 rings (SSSR count). The van der Waals surface area contributed by atoms with Gasteiger partial charge in [-0.2, -0.15) is 10.1 Å². The van der Waals surface area contributed by atoms with Crippen LogP contribution in [0.15, 0.2) is 67.5 Å². The van der Waals surface area contributed by atoms with Crippen LogP contribution in [-0.2, 0) is 11.8 Å². The molecule has 3 N–H and O–H groups in total. The van der Waals surface area contributed by atoms with Gasteiger partial charge in [0.2, 0.25) is 11.9 Å². The number of carbonyl (C=O) groups is 1. The molecule has 2 aromatic carbocycles. The first-order valence-corrected chi connectivity index (χ1v) is 9.03. The molecule has 0 saturated heterocycles. The number of rotatable bonds is 6. The van der Waals surface area contributed by atoms with Gasteiger partial charge >= 0.3 is 0 Å². The van der Waals surface area contributed by atoms with Crippen molar-refractivity contribution in [1.29, 1.82) is 0 Å². The van der Waals surface area contributed by atoms with Crippen LogP contribution in [0.3, 0.4) is 0 Å². The van der Waals surface area contributed by atoms with Crippen LogP contribution in [0.4, 0.5) is 33.2 Å². The van der Waals surface area contributed by atoms with Crippen LogP contribution in [0.2, 0.25) is 0 Å². The molecule has 0 saturated carbocycles. The van der Waals surface area contributed by atoms with Crippen molar-refractivity contribution in [2.75, 3.05) is 16.0 Å². The van der Waals surface area contributed by atoms with Crippen molar-refractivity contribution in [2.24, 2.45) is 7.05 Å². The molecule has 0 atom stereocenters. The largest absolute Gasteiger partial charge is 0.338 e. The van der Waals surface area contributed by atoms with E-state index in [0.717, 1.165) is 22.8 Å². The summed E-state index contributed by atoms with van der Waals surface area (Å²) in [4.78, 5) is 19.7. The van der Waals surface area contributed by atoms with Crippen LogP contribution >= 0.6 is 0 Å². The molecule has 31 heavy (non-hydrogen) atoms. The highest BCUT2D eigenvalue weighted by Crippen LogP contribution is 2.24. The van der Waals surface area contributed by atoms with Crippen molar-refractivity contribution in [3.8, 4) is 0 Å². The van der Waals surface area contributed by atoms with E-state index in [4.69, 9.17) is 0 Å². The Balaban J connectivity index is 0.00000272. The Labute approximate surface area is 178 Å². The van der Waals surface area contributed by atoms with Crippen molar-refractivity contribution in [1.82, 2.24) is 19.7 Å². The molecule has 158 valence electrons. The summed E-state index contributed by atoms with van der Waals surface area (Å²) in [5.41, 5.74) is 2.84. The summed E-state index contributed by atoms with van der Waals surface area (Å²) >= 11 is 0. The molecule has 0 spiro atoms. The highest BCUT2D eigenvalue weighted by Gasteiger charge is 2.09. The lowest BCUT2D eigenvalue weighted by atomic mass is 10.2. The molecule has 2 heterocycles. The van der Waals surface area contributed by atoms with E-state index in [1.807, 2.05) is 25.2 Å². The van der Waals surface area contributed by atoms with Gasteiger partial charge in [0.1, 0.15) is 0 Å². The molecule has 1 amide bonds. The smallest absolute Gasteiger partial charge is 0.247 e. The zero-order valence-electron chi connectivity index (χ0n) is 16.1. The number of nitrogens with one attached hydrogen (secondary N) is 3. The topological polar surface area (TPSA) is 96.8 Å². The summed E-state index contributed by atoms with van der Waals surface area (Å²) in [6.45, 7) is 3.41. The number of amides is 1. The molecule has 0 unspecified atom stereocenters. The fourth-order valence-electron chi connectivity index (χ4n) is 2.89. The zero-order chi connectivity index (χ0) is 21.1. The average molecular weight is 419 g/mol. The SMILES string of the molecule is C.C=CC(=O)Nc1cccc(Nc2nc(Nc3ccc4c(cnn4C)c3)ncc2F)c1. The van der Waals surface area contributed by atoms with Gasteiger partial charge in [-0.05, 0) is 42.5 Å². The van der Waals surface area contributed by atoms with Gasteiger partial charge in [0.05, 0.1) is 17.9 Å². The normalized spacial score (nSPS) is 10.3. The maximum atomic E-state index is 14.3. The monoisotopic (exact) mass is 419 g/mol. The van der Waals surface area contributed by atoms with Crippen LogP contribution in [0.25, 0.3) is 10.9 Å². The first-order valence-electron chi connectivity index (χ1n) is 9.03. The van der Waals surface area contributed by atoms with Crippen molar-refractivity contribution in [3.63, 3.8) is 0 Å². The van der Waals surface area contributed by atoms with Crippen molar-refractivity contribution < 1.29 is 9.18 Å². The quantitative estimate of drug-likeness (QED) is 0.390. The van der Waals surface area contributed by atoms with E-state index in [2.05, 4.69) is 37.6 Å². The molecule has 0 aliphatic carbocycles. The van der Waals surface area contributed by atoms with Gasteiger partial charge in [-0.25, -0.2) is 9.37 Å². The third-order valence-electron chi connectivity index (χ3n) is 4.32. The number of benzene rings is 2. The molecule has 2 aromatic heterocycles. The number of aromatic nitrogens is 4. The number of hydrogen-bond donors (Lipinski definition) is 3. The van der Waals surface area contributed by atoms with Crippen LogP contribution in [0.5, 0.6) is 0 Å². The number of hydrogen-bond acceptors (Lipinski definition) is 6. The predicted octanol–water partition coefficient (Wildman–Crippen LogP) is 4.75. The second-order valence-electron chi connectivity index (χ2n) is 6.46. The molecule has 0 aliphatic rings. The third kappa shape index (κ3) is 4.84. The van der Waals surface area contributed by atoms with Gasteiger partial charge < -0.3 is 16.0 Å². The lowest BCUT2D eigenvalue weighted by Gasteiger charge is -2.11. The number of anilines is 5. The highest BCUT2D eigenvalue weighted by atomic mass is 19.1. The fourth-order valence-corrected chi connectivity index (χ4v) is 2.89. The number of nitrogens with zero attached hydrogens (tertiary/aromatic N) is 4. The summed E-state index contributed by atoms with van der Waals surface area (Å²) in [6, 6.07) is 12.5. The zero-order valence-corrected chi connectivity index (χ0v) is 16.1. The highest BCUT2D eigenvalue weighted by molar-refractivity contribution is 5.99. The Kier molecular flexibility index (Phi) is 6.25. The molecule has 0 aliphatic heterocycles. The Morgan fingerprint density at radius 2 is 1.87 bits per heavy atom. The van der Waals surface area contributed by atoms with Crippen molar-refractivity contribution in [3.05, 3.63) is 73.3 Å². The standard InChI is InChI=1S/C21H18FN7O.CH4/c1-3-19(30)25-14-5-4-6-15(10-14)26-20-17(22)12-23-21(28-20)27-16-7-8-18-13(9-16)11-24-29(18)2;/h3-12H,1H2,2H3,(H,25,30)(H2,23,26,27,28);1H4. The summed E-state index contributed by atoms with van der Waals surface area (Å²) in [5.74, 6) is -0.707. The second kappa shape index (κ2) is 9.04. The Bertz CT molecular complexity index is 1250. The summed E-state index contributed by atoms with van der Waals surface area (Å²) in [5, 5.41) is 13.8. The van der Waals surface area contributed by atoms with Gasteiger partial charge in [0.15, 0.2) is 11.6 Å². The predicted molar refractivity (Wildman–Crippen MR) is 121 cm³/mol. The van der Waals surface area contributed by atoms with E-state index >= 15 is 0 Å². The van der Waals surface area contributed by atoms with Gasteiger partial charge in [0, 0.05) is 29.5 Å². The van der Waals surface area contributed by atoms with E-state index in [1.54, 1.807) is 35.1 Å². The minimum absolute atomic E-state index is 0. The Morgan fingerprint density at radius 3 is 2.68 bits per heavy atom. The van der Waals surface area contributed by atoms with E-state index in [0.29, 0.717) is 11.4 Å². The molecule has 0 fully saturated rings. The van der Waals surface area contributed by atoms with Crippen LogP contribution in [0, 0.1) is 5.82 Å². The number of carbonyl (C=O) groups excluding carboxylic acids is 1. The van der Waals surface area contributed by atoms with Gasteiger partial charge in [-0.15, -0.1) is 0 Å². The third-order valence-corrected chi connectivity index (χ3v) is 4.32. The first-order chi connectivity index (χ1) is 14.5. The lowest BCUT2D eigenvalue weighted by Crippen LogP contribution is -2.07. The summed E-state index contributed by atoms with van der Waals surface area (Å²) in [6.07, 6.45) is 4.02. The van der Waals surface area contributed by atoms with E-state index in [1.165, 1.54) is 6.08 Å². The van der Waals surface area contributed by atoms with E-state index in [-0.39, 0.29) is 25.1 Å². The summed E-state index contributed by atoms with van der Waals surface area (Å²) in [7, 11) is 1.87. The fraction of sp³-hybridized carbons (Fsp3) is 0.0909. The van der Waals surface area contributed by atoms with Gasteiger partial charge in [-0.3, -0.25) is 9.48 Å². The second-order valence-corrected chi connectivity index (χ2v) is 6.46. The molecular weight excluding hydrogens is 397 g/mol.